The lowest BCUT2D eigenvalue weighted by molar-refractivity contribution is 0.589. The fourth-order valence-electron chi connectivity index (χ4n) is 18.4. The van der Waals surface area contributed by atoms with Gasteiger partial charge in [-0.3, -0.25) is 0 Å². The molecule has 0 atom stereocenters. The number of nitrogens with zero attached hydrogens (tertiary/aromatic N) is 2. The van der Waals surface area contributed by atoms with Crippen LogP contribution in [0.3, 0.4) is 0 Å². The molecule has 17 aromatic carbocycles. The molecular formula is C106H79BN2SSi2. The molecule has 1 aromatic heterocycles. The Labute approximate surface area is 663 Å². The molecule has 0 radical (unpaired) electrons. The molecule has 6 heteroatoms. The number of para-hydroxylation sites is 2. The van der Waals surface area contributed by atoms with Gasteiger partial charge in [-0.15, -0.1) is 0 Å². The molecule has 2 aliphatic rings. The van der Waals surface area contributed by atoms with E-state index in [4.69, 9.17) is 0 Å². The van der Waals surface area contributed by atoms with Crippen LogP contribution in [-0.2, 0) is 5.41 Å². The Kier molecular flexibility index (Phi) is 17.3. The molecule has 0 amide bonds. The maximum Gasteiger partial charge on any atom is 0.249 e. The lowest BCUT2D eigenvalue weighted by atomic mass is 9.34. The largest absolute Gasteiger partial charge is 0.311 e. The van der Waals surface area contributed by atoms with Crippen LogP contribution in [0.5, 0.6) is 0 Å². The van der Waals surface area contributed by atoms with Gasteiger partial charge >= 0.3 is 0 Å². The molecule has 0 aliphatic carbocycles. The van der Waals surface area contributed by atoms with Crippen molar-refractivity contribution < 1.29 is 0 Å². The zero-order valence-electron chi connectivity index (χ0n) is 62.8. The van der Waals surface area contributed by atoms with Crippen molar-refractivity contribution in [1.29, 1.82) is 0 Å². The van der Waals surface area contributed by atoms with Crippen LogP contribution in [0.15, 0.2) is 434 Å². The van der Waals surface area contributed by atoms with Gasteiger partial charge in [0, 0.05) is 43.3 Å². The van der Waals surface area contributed by atoms with Crippen LogP contribution < -0.4 is 62.8 Å². The predicted molar refractivity (Wildman–Crippen MR) is 484 cm³/mol. The molecular weight excluding hydrogens is 1400 g/mol. The minimum atomic E-state index is -3.39. The maximum atomic E-state index is 2.71. The molecule has 2 aliphatic heterocycles. The summed E-state index contributed by atoms with van der Waals surface area (Å²) in [6.07, 6.45) is 0. The number of benzene rings is 17. The van der Waals surface area contributed by atoms with E-state index in [9.17, 15) is 0 Å². The molecule has 0 bridgehead atoms. The Bertz CT molecular complexity index is 6190. The third-order valence-electron chi connectivity index (χ3n) is 23.6. The number of anilines is 3. The summed E-state index contributed by atoms with van der Waals surface area (Å²) in [7, 11) is -6.77. The van der Waals surface area contributed by atoms with Crippen molar-refractivity contribution in [2.24, 2.45) is 0 Å². The zero-order valence-corrected chi connectivity index (χ0v) is 65.6. The van der Waals surface area contributed by atoms with E-state index in [2.05, 4.69) is 455 Å². The first-order valence-electron chi connectivity index (χ1n) is 39.0. The van der Waals surface area contributed by atoms with Gasteiger partial charge in [-0.2, -0.15) is 0 Å². The smallest absolute Gasteiger partial charge is 0.249 e. The second-order valence-electron chi connectivity index (χ2n) is 31.1. The molecule has 0 spiro atoms. The van der Waals surface area contributed by atoms with Crippen LogP contribution >= 0.6 is 11.8 Å². The van der Waals surface area contributed by atoms with Gasteiger partial charge in [0.15, 0.2) is 16.1 Å². The predicted octanol–water partition coefficient (Wildman–Crippen LogP) is 19.9. The topological polar surface area (TPSA) is 8.17 Å². The summed E-state index contributed by atoms with van der Waals surface area (Å²) in [6.45, 7) is 7.03. The molecule has 0 unspecified atom stereocenters. The van der Waals surface area contributed by atoms with E-state index >= 15 is 0 Å². The molecule has 0 saturated heterocycles. The van der Waals surface area contributed by atoms with Gasteiger partial charge < -0.3 is 9.47 Å². The highest BCUT2D eigenvalue weighted by Gasteiger charge is 2.48. The first-order valence-corrected chi connectivity index (χ1v) is 43.9. The van der Waals surface area contributed by atoms with Gasteiger partial charge in [0.1, 0.15) is 0 Å². The van der Waals surface area contributed by atoms with E-state index in [1.54, 1.807) is 0 Å². The summed E-state index contributed by atoms with van der Waals surface area (Å²) in [5, 5.41) is 13.1. The summed E-state index contributed by atoms with van der Waals surface area (Å²) >= 11 is 1.95. The van der Waals surface area contributed by atoms with Crippen molar-refractivity contribution >= 4 is 131 Å². The van der Waals surface area contributed by atoms with E-state index < -0.39 is 16.1 Å². The third kappa shape index (κ3) is 11.7. The molecule has 3 heterocycles. The van der Waals surface area contributed by atoms with Gasteiger partial charge in [-0.1, -0.05) is 402 Å². The van der Waals surface area contributed by atoms with Crippen molar-refractivity contribution in [3.8, 4) is 61.3 Å². The monoisotopic (exact) mass is 1480 g/mol. The molecule has 20 rings (SSSR count). The lowest BCUT2D eigenvalue weighted by Gasteiger charge is -2.42. The molecule has 18 aromatic rings. The highest BCUT2D eigenvalue weighted by atomic mass is 32.2. The Balaban J connectivity index is 0.869. The van der Waals surface area contributed by atoms with Gasteiger partial charge in [-0.05, 0) is 180 Å². The Morgan fingerprint density at radius 1 is 0.250 bits per heavy atom. The van der Waals surface area contributed by atoms with Crippen molar-refractivity contribution in [3.05, 3.63) is 430 Å². The minimum Gasteiger partial charge on any atom is -0.311 e. The van der Waals surface area contributed by atoms with Crippen LogP contribution in [0, 0.1) is 0 Å². The maximum absolute atomic E-state index is 3.39. The minimum absolute atomic E-state index is 0.114. The SMILES string of the molecule is CC(C)(C)c1cc2c3c(c1)N(c1cc(-c4ccccc4)cc(-c4ccccc4)c1)c1cc(-n4c5ccccc5c5ccccc54)ccc1B3c1ccc(-c3cc([Si](c4ccccc4)(c4ccccc4)c4cccc(-c5ccccc5)c4)cc([Si](c4ccccc4)(c4ccccc4)c4cccc(-c5ccccc5)c4)c3)cc1S2. The second-order valence-corrected chi connectivity index (χ2v) is 39.8. The van der Waals surface area contributed by atoms with Gasteiger partial charge in [0.05, 0.1) is 11.0 Å². The number of rotatable bonds is 15. The average molecular weight is 1480 g/mol. The number of aromatic nitrogens is 1. The molecule has 530 valence electrons. The second kappa shape index (κ2) is 28.3. The van der Waals surface area contributed by atoms with Crippen molar-refractivity contribution in [2.45, 2.75) is 36.0 Å². The van der Waals surface area contributed by atoms with Crippen molar-refractivity contribution in [1.82, 2.24) is 4.57 Å². The highest BCUT2D eigenvalue weighted by molar-refractivity contribution is 8.00. The third-order valence-corrected chi connectivity index (χ3v) is 34.2. The first-order chi connectivity index (χ1) is 55.1. The standard InChI is InChI=1S/C106H79BN2SSi2/c1-106(2,3)84-70-102-105-104(71-84)110-103-69-80(58-60-98(103)107(105)97-61-59-85(108-99-56-30-28-54-95(99)96-55-29-31-57-100(96)108)72-101(97)109(102)86-63-81(76-38-16-6-17-39-76)62-82(64-86)77-40-18-7-19-41-77)83-67-93(111(87-44-20-8-21-45-87,88-46-22-9-23-47-88)91-52-32-42-78(65-91)74-34-12-4-13-35-74)73-94(68-83)112(89-48-24-10-25-49-89,90-50-26-11-27-51-90)92-53-33-43-79(66-92)75-36-14-5-15-37-75/h4-73H,1-3H3. The van der Waals surface area contributed by atoms with Crippen LogP contribution in [0.4, 0.5) is 17.1 Å². The van der Waals surface area contributed by atoms with Gasteiger partial charge in [0.25, 0.3) is 0 Å². The van der Waals surface area contributed by atoms with E-state index in [1.807, 2.05) is 11.8 Å². The molecule has 0 N–H and O–H groups in total. The van der Waals surface area contributed by atoms with Crippen LogP contribution in [0.1, 0.15) is 26.3 Å². The summed E-state index contributed by atoms with van der Waals surface area (Å²) in [5.74, 6) is 0. The van der Waals surface area contributed by atoms with E-state index in [0.29, 0.717) is 0 Å². The van der Waals surface area contributed by atoms with Crippen LogP contribution in [0.2, 0.25) is 0 Å². The van der Waals surface area contributed by atoms with E-state index in [1.165, 1.54) is 156 Å². The van der Waals surface area contributed by atoms with Gasteiger partial charge in [0.2, 0.25) is 6.71 Å². The van der Waals surface area contributed by atoms with Crippen molar-refractivity contribution in [2.75, 3.05) is 4.90 Å². The summed E-state index contributed by atoms with van der Waals surface area (Å²) in [5.41, 5.74) is 23.8. The molecule has 0 fully saturated rings. The van der Waals surface area contributed by atoms with Crippen LogP contribution in [-0.4, -0.2) is 27.4 Å². The number of hydrogen-bond donors (Lipinski definition) is 0. The average Bonchev–Trinajstić information content (AvgIpc) is 1.70. The lowest BCUT2D eigenvalue weighted by Crippen LogP contribution is -2.78. The zero-order chi connectivity index (χ0) is 74.9. The fourth-order valence-corrected chi connectivity index (χ4v) is 29.5. The Morgan fingerprint density at radius 3 is 1.08 bits per heavy atom. The summed E-state index contributed by atoms with van der Waals surface area (Å²) < 4.78 is 2.49. The van der Waals surface area contributed by atoms with Crippen LogP contribution in [0.25, 0.3) is 83.1 Å². The molecule has 0 saturated carbocycles. The van der Waals surface area contributed by atoms with E-state index in [0.717, 1.165) is 17.1 Å². The van der Waals surface area contributed by atoms with E-state index in [-0.39, 0.29) is 12.1 Å². The summed E-state index contributed by atoms with van der Waals surface area (Å²) in [6, 6.07) is 162. The number of hydrogen-bond acceptors (Lipinski definition) is 2. The Hall–Kier alpha value is -12.8. The quantitative estimate of drug-likeness (QED) is 0.0747. The molecule has 2 nitrogen and oxygen atoms in total. The Morgan fingerprint density at radius 2 is 0.625 bits per heavy atom. The number of fused-ring (bicyclic) bond motifs is 7. The first kappa shape index (κ1) is 68.5. The van der Waals surface area contributed by atoms with Gasteiger partial charge in [-0.25, -0.2) is 0 Å². The summed E-state index contributed by atoms with van der Waals surface area (Å²) in [4.78, 5) is 5.18. The highest BCUT2D eigenvalue weighted by Crippen LogP contribution is 2.48. The normalized spacial score (nSPS) is 12.5. The molecule has 112 heavy (non-hydrogen) atoms. The fraction of sp³-hybridized carbons (Fsp3) is 0.0377. The van der Waals surface area contributed by atoms with Crippen molar-refractivity contribution in [3.63, 3.8) is 0 Å².